The van der Waals surface area contributed by atoms with Crippen LogP contribution in [-0.4, -0.2) is 19.2 Å². The monoisotopic (exact) mass is 209 g/mol. The Morgan fingerprint density at radius 1 is 1.20 bits per heavy atom. The predicted octanol–water partition coefficient (Wildman–Crippen LogP) is 2.75. The van der Waals surface area contributed by atoms with Crippen molar-refractivity contribution in [2.24, 2.45) is 0 Å². The van der Waals surface area contributed by atoms with Crippen LogP contribution in [0.5, 0.6) is 0 Å². The molecule has 2 rings (SSSR count). The largest absolute Gasteiger partial charge is 0.448 e. The molecule has 0 unspecified atom stereocenters. The van der Waals surface area contributed by atoms with Gasteiger partial charge in [-0.25, -0.2) is 4.79 Å². The molecular formula is C12H19NO2. The zero-order valence-corrected chi connectivity index (χ0v) is 9.62. The molecule has 0 radical (unpaired) electrons. The van der Waals surface area contributed by atoms with Gasteiger partial charge < -0.3 is 10.1 Å². The number of carbonyl (C=O) groups excluding carboxylic acids is 1. The molecule has 1 aliphatic rings. The highest BCUT2D eigenvalue weighted by atomic mass is 16.6. The van der Waals surface area contributed by atoms with E-state index in [1.807, 2.05) is 32.0 Å². The molecule has 1 heterocycles. The molecule has 0 spiro atoms. The Morgan fingerprint density at radius 3 is 2.00 bits per heavy atom. The van der Waals surface area contributed by atoms with Crippen molar-refractivity contribution < 1.29 is 9.53 Å². The van der Waals surface area contributed by atoms with E-state index in [0.29, 0.717) is 13.2 Å². The van der Waals surface area contributed by atoms with Crippen LogP contribution in [0.3, 0.4) is 0 Å². The van der Waals surface area contributed by atoms with E-state index >= 15 is 0 Å². The van der Waals surface area contributed by atoms with Crippen molar-refractivity contribution in [2.45, 2.75) is 20.8 Å². The van der Waals surface area contributed by atoms with Crippen molar-refractivity contribution in [3.05, 3.63) is 35.9 Å². The average Bonchev–Trinajstić information content (AvgIpc) is 2.74. The van der Waals surface area contributed by atoms with Crippen LogP contribution in [0.2, 0.25) is 0 Å². The minimum atomic E-state index is -0.296. The summed E-state index contributed by atoms with van der Waals surface area (Å²) in [6, 6.07) is 10.3. The summed E-state index contributed by atoms with van der Waals surface area (Å²) in [5.41, 5.74) is 1.32. The number of benzene rings is 1. The first-order chi connectivity index (χ1) is 7.29. The summed E-state index contributed by atoms with van der Waals surface area (Å²) < 4.78 is 4.40. The lowest BCUT2D eigenvalue weighted by molar-refractivity contribution is 0.178. The van der Waals surface area contributed by atoms with Gasteiger partial charge in [0, 0.05) is 0 Å². The molecule has 0 atom stereocenters. The Morgan fingerprint density at radius 2 is 1.80 bits per heavy atom. The third-order valence-corrected chi connectivity index (χ3v) is 1.55. The van der Waals surface area contributed by atoms with Gasteiger partial charge in [-0.2, -0.15) is 0 Å². The van der Waals surface area contributed by atoms with Crippen LogP contribution in [0.4, 0.5) is 4.79 Å². The molecule has 3 heteroatoms. The Balaban J connectivity index is 0.000000227. The third kappa shape index (κ3) is 7.55. The minimum Gasteiger partial charge on any atom is -0.448 e. The number of hydrogen-bond donors (Lipinski definition) is 1. The summed E-state index contributed by atoms with van der Waals surface area (Å²) in [5, 5.41) is 2.46. The molecule has 3 nitrogen and oxygen atoms in total. The number of nitrogens with one attached hydrogen (secondary N) is 1. The van der Waals surface area contributed by atoms with Gasteiger partial charge in [0.15, 0.2) is 0 Å². The number of rotatable bonds is 0. The van der Waals surface area contributed by atoms with Gasteiger partial charge in [0.1, 0.15) is 6.61 Å². The molecule has 1 amide bonds. The van der Waals surface area contributed by atoms with Crippen LogP contribution in [-0.2, 0) is 4.74 Å². The van der Waals surface area contributed by atoms with E-state index in [2.05, 4.69) is 29.1 Å². The lowest BCUT2D eigenvalue weighted by Gasteiger charge is -1.82. The maximum Gasteiger partial charge on any atom is 0.407 e. The van der Waals surface area contributed by atoms with E-state index in [9.17, 15) is 4.79 Å². The number of carbonyl (C=O) groups is 1. The fourth-order valence-corrected chi connectivity index (χ4v) is 0.882. The number of hydrogen-bond acceptors (Lipinski definition) is 2. The van der Waals surface area contributed by atoms with E-state index in [0.717, 1.165) is 0 Å². The second kappa shape index (κ2) is 9.06. The summed E-state index contributed by atoms with van der Waals surface area (Å²) in [7, 11) is 0. The second-order valence-electron chi connectivity index (χ2n) is 2.72. The van der Waals surface area contributed by atoms with E-state index < -0.39 is 0 Å². The molecule has 0 saturated carbocycles. The molecule has 1 fully saturated rings. The normalized spacial score (nSPS) is 12.3. The van der Waals surface area contributed by atoms with E-state index in [-0.39, 0.29) is 6.09 Å². The van der Waals surface area contributed by atoms with Crippen molar-refractivity contribution in [2.75, 3.05) is 13.2 Å². The van der Waals surface area contributed by atoms with Gasteiger partial charge >= 0.3 is 6.09 Å². The molecule has 0 aromatic heterocycles. The number of alkyl carbamates (subject to hydrolysis) is 1. The highest BCUT2D eigenvalue weighted by Gasteiger charge is 2.06. The highest BCUT2D eigenvalue weighted by molar-refractivity contribution is 5.68. The first kappa shape index (κ1) is 13.5. The highest BCUT2D eigenvalue weighted by Crippen LogP contribution is 1.92. The molecule has 1 aliphatic heterocycles. The van der Waals surface area contributed by atoms with Crippen LogP contribution >= 0.6 is 0 Å². The third-order valence-electron chi connectivity index (χ3n) is 1.55. The smallest absolute Gasteiger partial charge is 0.407 e. The Labute approximate surface area is 91.5 Å². The van der Waals surface area contributed by atoms with Crippen molar-refractivity contribution in [3.63, 3.8) is 0 Å². The lowest BCUT2D eigenvalue weighted by Crippen LogP contribution is -2.11. The minimum absolute atomic E-state index is 0.296. The van der Waals surface area contributed by atoms with Crippen molar-refractivity contribution in [1.82, 2.24) is 5.32 Å². The van der Waals surface area contributed by atoms with Crippen LogP contribution in [0.15, 0.2) is 30.3 Å². The second-order valence-corrected chi connectivity index (χ2v) is 2.72. The molecule has 0 bridgehead atoms. The van der Waals surface area contributed by atoms with Gasteiger partial charge in [-0.05, 0) is 6.92 Å². The van der Waals surface area contributed by atoms with Crippen molar-refractivity contribution in [3.8, 4) is 0 Å². The number of aryl methyl sites for hydroxylation is 1. The van der Waals surface area contributed by atoms with Gasteiger partial charge in [-0.1, -0.05) is 49.7 Å². The number of ether oxygens (including phenoxy) is 1. The van der Waals surface area contributed by atoms with Crippen LogP contribution in [0.1, 0.15) is 19.4 Å². The number of amides is 1. The van der Waals surface area contributed by atoms with Gasteiger partial charge in [-0.15, -0.1) is 0 Å². The fourth-order valence-electron chi connectivity index (χ4n) is 0.882. The fraction of sp³-hybridized carbons (Fsp3) is 0.417. The maximum absolute atomic E-state index is 9.91. The summed E-state index contributed by atoms with van der Waals surface area (Å²) in [4.78, 5) is 9.91. The molecule has 1 N–H and O–H groups in total. The van der Waals surface area contributed by atoms with E-state index in [1.54, 1.807) is 0 Å². The first-order valence-corrected chi connectivity index (χ1v) is 5.21. The zero-order valence-electron chi connectivity index (χ0n) is 9.62. The van der Waals surface area contributed by atoms with Crippen molar-refractivity contribution in [1.29, 1.82) is 0 Å². The van der Waals surface area contributed by atoms with Crippen molar-refractivity contribution >= 4 is 6.09 Å². The predicted molar refractivity (Wildman–Crippen MR) is 61.9 cm³/mol. The first-order valence-electron chi connectivity index (χ1n) is 5.21. The summed E-state index contributed by atoms with van der Waals surface area (Å²) in [5.74, 6) is 0. The maximum atomic E-state index is 9.91. The molecule has 1 aromatic carbocycles. The molecule has 1 saturated heterocycles. The SMILES string of the molecule is CC.Cc1ccccc1.O=C1NCCO1. The Kier molecular flexibility index (Phi) is 8.15. The summed E-state index contributed by atoms with van der Waals surface area (Å²) in [6.45, 7) is 7.28. The molecule has 1 aromatic rings. The van der Waals surface area contributed by atoms with E-state index in [4.69, 9.17) is 0 Å². The molecule has 0 aliphatic carbocycles. The summed E-state index contributed by atoms with van der Waals surface area (Å²) >= 11 is 0. The van der Waals surface area contributed by atoms with Crippen LogP contribution < -0.4 is 5.32 Å². The van der Waals surface area contributed by atoms with Gasteiger partial charge in [0.25, 0.3) is 0 Å². The van der Waals surface area contributed by atoms with Gasteiger partial charge in [0.05, 0.1) is 6.54 Å². The Hall–Kier alpha value is -1.51. The lowest BCUT2D eigenvalue weighted by atomic mass is 10.2. The standard InChI is InChI=1S/C7H8.C3H5NO2.C2H6/c1-7-5-3-2-4-6-7;5-3-4-1-2-6-3;1-2/h2-6H,1H3;1-2H2,(H,4,5);1-2H3. The topological polar surface area (TPSA) is 38.3 Å². The Bertz CT molecular complexity index is 252. The zero-order chi connectivity index (χ0) is 11.5. The van der Waals surface area contributed by atoms with Gasteiger partial charge in [-0.3, -0.25) is 0 Å². The van der Waals surface area contributed by atoms with Gasteiger partial charge in [0.2, 0.25) is 0 Å². The molecule has 84 valence electrons. The molecular weight excluding hydrogens is 190 g/mol. The molecule has 15 heavy (non-hydrogen) atoms. The van der Waals surface area contributed by atoms with Crippen LogP contribution in [0.25, 0.3) is 0 Å². The van der Waals surface area contributed by atoms with E-state index in [1.165, 1.54) is 5.56 Å². The average molecular weight is 209 g/mol. The summed E-state index contributed by atoms with van der Waals surface area (Å²) in [6.07, 6.45) is -0.296. The quantitative estimate of drug-likeness (QED) is 0.713. The van der Waals surface area contributed by atoms with Crippen LogP contribution in [0, 0.1) is 6.92 Å². The number of cyclic esters (lactones) is 1.